The number of benzene rings is 1. The number of nitriles is 1. The molecule has 1 atom stereocenters. The minimum atomic E-state index is -0.971. The summed E-state index contributed by atoms with van der Waals surface area (Å²) in [6.07, 6.45) is 4.82. The van der Waals surface area contributed by atoms with Crippen molar-refractivity contribution in [1.82, 2.24) is 0 Å². The average Bonchev–Trinajstić information content (AvgIpc) is 2.49. The van der Waals surface area contributed by atoms with Crippen molar-refractivity contribution in [3.63, 3.8) is 0 Å². The molecule has 0 spiro atoms. The van der Waals surface area contributed by atoms with E-state index in [1.54, 1.807) is 0 Å². The standard InChI is InChI=1S/C15H16BrFN2O2/c16-12-10(8-18)6-7-11(13(12)17)19-14(15(20)21)9-4-2-1-3-5-9/h6-7,9,14,19H,1-5H2,(H,20,21). The lowest BCUT2D eigenvalue weighted by Crippen LogP contribution is -2.38. The van der Waals surface area contributed by atoms with Crippen LogP contribution in [0.3, 0.4) is 0 Å². The summed E-state index contributed by atoms with van der Waals surface area (Å²) in [6.45, 7) is 0. The Morgan fingerprint density at radius 1 is 1.43 bits per heavy atom. The lowest BCUT2D eigenvalue weighted by atomic mass is 9.84. The Hall–Kier alpha value is -1.61. The van der Waals surface area contributed by atoms with E-state index in [1.807, 2.05) is 6.07 Å². The van der Waals surface area contributed by atoms with Crippen LogP contribution in [0.1, 0.15) is 37.7 Å². The SMILES string of the molecule is N#Cc1ccc(NC(C(=O)O)C2CCCCC2)c(F)c1Br. The molecule has 2 N–H and O–H groups in total. The Morgan fingerprint density at radius 2 is 2.10 bits per heavy atom. The van der Waals surface area contributed by atoms with E-state index in [1.165, 1.54) is 12.1 Å². The van der Waals surface area contributed by atoms with Gasteiger partial charge in [-0.3, -0.25) is 0 Å². The fraction of sp³-hybridized carbons (Fsp3) is 0.467. The maximum atomic E-state index is 14.2. The summed E-state index contributed by atoms with van der Waals surface area (Å²) in [5, 5.41) is 21.0. The summed E-state index contributed by atoms with van der Waals surface area (Å²) < 4.78 is 14.2. The van der Waals surface area contributed by atoms with Gasteiger partial charge in [-0.25, -0.2) is 9.18 Å². The Bertz CT molecular complexity index is 580. The first-order valence-corrected chi connectivity index (χ1v) is 7.71. The minimum Gasteiger partial charge on any atom is -0.480 e. The summed E-state index contributed by atoms with van der Waals surface area (Å²) in [6, 6.07) is 3.95. The van der Waals surface area contributed by atoms with Crippen molar-refractivity contribution in [1.29, 1.82) is 5.26 Å². The minimum absolute atomic E-state index is 0.00469. The van der Waals surface area contributed by atoms with Crippen LogP contribution < -0.4 is 5.32 Å². The zero-order valence-electron chi connectivity index (χ0n) is 11.4. The summed E-state index contributed by atoms with van der Waals surface area (Å²) in [7, 11) is 0. The van der Waals surface area contributed by atoms with Gasteiger partial charge in [-0.15, -0.1) is 0 Å². The zero-order chi connectivity index (χ0) is 15.4. The van der Waals surface area contributed by atoms with Crippen LogP contribution in [0.25, 0.3) is 0 Å². The molecule has 1 aromatic carbocycles. The summed E-state index contributed by atoms with van der Waals surface area (Å²) >= 11 is 3.03. The molecule has 1 aromatic rings. The molecular weight excluding hydrogens is 339 g/mol. The average molecular weight is 355 g/mol. The number of hydrogen-bond acceptors (Lipinski definition) is 3. The van der Waals surface area contributed by atoms with Gasteiger partial charge in [0.15, 0.2) is 5.82 Å². The molecule has 1 unspecified atom stereocenters. The molecule has 0 aromatic heterocycles. The van der Waals surface area contributed by atoms with Gasteiger partial charge in [0, 0.05) is 0 Å². The van der Waals surface area contributed by atoms with Crippen molar-refractivity contribution in [2.75, 3.05) is 5.32 Å². The third kappa shape index (κ3) is 3.53. The van der Waals surface area contributed by atoms with Crippen LogP contribution in [0.2, 0.25) is 0 Å². The van der Waals surface area contributed by atoms with E-state index in [2.05, 4.69) is 21.2 Å². The van der Waals surface area contributed by atoms with Crippen LogP contribution in [-0.4, -0.2) is 17.1 Å². The van der Waals surface area contributed by atoms with Gasteiger partial charge >= 0.3 is 5.97 Å². The monoisotopic (exact) mass is 354 g/mol. The first kappa shape index (κ1) is 15.8. The Balaban J connectivity index is 2.23. The van der Waals surface area contributed by atoms with Crippen molar-refractivity contribution >= 4 is 27.6 Å². The van der Waals surface area contributed by atoms with Crippen LogP contribution in [-0.2, 0) is 4.79 Å². The molecule has 0 amide bonds. The van der Waals surface area contributed by atoms with Crippen LogP contribution in [0.4, 0.5) is 10.1 Å². The van der Waals surface area contributed by atoms with Gasteiger partial charge in [0.2, 0.25) is 0 Å². The highest BCUT2D eigenvalue weighted by atomic mass is 79.9. The molecule has 0 aliphatic heterocycles. The normalized spacial score (nSPS) is 17.0. The van der Waals surface area contributed by atoms with Gasteiger partial charge in [-0.05, 0) is 46.8 Å². The quantitative estimate of drug-likeness (QED) is 0.859. The predicted octanol–water partition coefficient (Wildman–Crippen LogP) is 3.91. The number of anilines is 1. The van der Waals surface area contributed by atoms with Crippen LogP contribution in [0.5, 0.6) is 0 Å². The van der Waals surface area contributed by atoms with Crippen LogP contribution in [0, 0.1) is 23.1 Å². The van der Waals surface area contributed by atoms with E-state index >= 15 is 0 Å². The second-order valence-corrected chi connectivity index (χ2v) is 6.05. The highest BCUT2D eigenvalue weighted by Crippen LogP contribution is 2.31. The van der Waals surface area contributed by atoms with E-state index in [-0.39, 0.29) is 21.6 Å². The number of carbonyl (C=O) groups is 1. The molecule has 112 valence electrons. The van der Waals surface area contributed by atoms with E-state index in [0.717, 1.165) is 32.1 Å². The van der Waals surface area contributed by atoms with Crippen molar-refractivity contribution in [3.8, 4) is 6.07 Å². The lowest BCUT2D eigenvalue weighted by molar-refractivity contribution is -0.139. The van der Waals surface area contributed by atoms with Gasteiger partial charge in [0.05, 0.1) is 15.7 Å². The second kappa shape index (κ2) is 6.90. The predicted molar refractivity (Wildman–Crippen MR) is 80.4 cm³/mol. The van der Waals surface area contributed by atoms with Crippen LogP contribution >= 0.6 is 15.9 Å². The second-order valence-electron chi connectivity index (χ2n) is 5.26. The summed E-state index contributed by atoms with van der Waals surface area (Å²) in [4.78, 5) is 11.5. The number of carboxylic acids is 1. The number of aliphatic carboxylic acids is 1. The molecule has 1 fully saturated rings. The highest BCUT2D eigenvalue weighted by molar-refractivity contribution is 9.10. The van der Waals surface area contributed by atoms with E-state index in [9.17, 15) is 14.3 Å². The number of halogens is 2. The third-order valence-electron chi connectivity index (χ3n) is 3.90. The molecule has 0 radical (unpaired) electrons. The molecule has 4 nitrogen and oxygen atoms in total. The maximum Gasteiger partial charge on any atom is 0.326 e. The number of nitrogens with one attached hydrogen (secondary N) is 1. The fourth-order valence-corrected chi connectivity index (χ4v) is 3.20. The number of rotatable bonds is 4. The third-order valence-corrected chi connectivity index (χ3v) is 4.68. The molecule has 1 aliphatic rings. The van der Waals surface area contributed by atoms with E-state index in [4.69, 9.17) is 5.26 Å². The van der Waals surface area contributed by atoms with Crippen molar-refractivity contribution in [2.24, 2.45) is 5.92 Å². The Kier molecular flexibility index (Phi) is 5.18. The molecule has 1 saturated carbocycles. The van der Waals surface area contributed by atoms with Crippen molar-refractivity contribution in [3.05, 3.63) is 28.0 Å². The van der Waals surface area contributed by atoms with E-state index < -0.39 is 17.8 Å². The van der Waals surface area contributed by atoms with E-state index in [0.29, 0.717) is 0 Å². The van der Waals surface area contributed by atoms with Gasteiger partial charge in [0.1, 0.15) is 12.1 Å². The Labute approximate surface area is 131 Å². The van der Waals surface area contributed by atoms with Crippen molar-refractivity contribution < 1.29 is 14.3 Å². The first-order valence-electron chi connectivity index (χ1n) is 6.92. The lowest BCUT2D eigenvalue weighted by Gasteiger charge is -2.29. The number of carboxylic acid groups (broad SMARTS) is 1. The Morgan fingerprint density at radius 3 is 2.67 bits per heavy atom. The molecule has 0 bridgehead atoms. The van der Waals surface area contributed by atoms with Gasteiger partial charge in [-0.2, -0.15) is 5.26 Å². The number of nitrogens with zero attached hydrogens (tertiary/aromatic N) is 1. The number of hydrogen-bond donors (Lipinski definition) is 2. The first-order chi connectivity index (χ1) is 10.0. The van der Waals surface area contributed by atoms with Gasteiger partial charge in [0.25, 0.3) is 0 Å². The van der Waals surface area contributed by atoms with Gasteiger partial charge in [-0.1, -0.05) is 19.3 Å². The largest absolute Gasteiger partial charge is 0.480 e. The molecule has 6 heteroatoms. The summed E-state index contributed by atoms with van der Waals surface area (Å²) in [5.74, 6) is -1.59. The molecule has 0 heterocycles. The fourth-order valence-electron chi connectivity index (χ4n) is 2.76. The molecule has 0 saturated heterocycles. The summed E-state index contributed by atoms with van der Waals surface area (Å²) in [5.41, 5.74) is 0.293. The maximum absolute atomic E-state index is 14.2. The smallest absolute Gasteiger partial charge is 0.326 e. The topological polar surface area (TPSA) is 73.1 Å². The zero-order valence-corrected chi connectivity index (χ0v) is 13.0. The molecular formula is C15H16BrFN2O2. The molecule has 21 heavy (non-hydrogen) atoms. The molecule has 2 rings (SSSR count). The van der Waals surface area contributed by atoms with Gasteiger partial charge < -0.3 is 10.4 Å². The van der Waals surface area contributed by atoms with Crippen LogP contribution in [0.15, 0.2) is 16.6 Å². The van der Waals surface area contributed by atoms with Crippen molar-refractivity contribution in [2.45, 2.75) is 38.1 Å². The molecule has 1 aliphatic carbocycles. The highest BCUT2D eigenvalue weighted by Gasteiger charge is 2.30.